The molecule has 6 nitrogen and oxygen atoms in total. The predicted molar refractivity (Wildman–Crippen MR) is 43.3 cm³/mol. The Bertz CT molecular complexity index is 291. The van der Waals surface area contributed by atoms with Crippen molar-refractivity contribution in [3.8, 4) is 0 Å². The summed E-state index contributed by atoms with van der Waals surface area (Å²) in [5, 5.41) is 26.0. The molecule has 0 aliphatic carbocycles. The van der Waals surface area contributed by atoms with Crippen LogP contribution in [0.4, 0.5) is 6.01 Å². The molecule has 0 saturated carbocycles. The van der Waals surface area contributed by atoms with Crippen LogP contribution in [0.25, 0.3) is 0 Å². The minimum atomic E-state index is -0.729. The van der Waals surface area contributed by atoms with Crippen molar-refractivity contribution in [1.82, 2.24) is 10.2 Å². The zero-order chi connectivity index (χ0) is 9.42. The van der Waals surface area contributed by atoms with Gasteiger partial charge in [0.15, 0.2) is 0 Å². The summed E-state index contributed by atoms with van der Waals surface area (Å²) >= 11 is 0. The molecule has 1 aromatic heterocycles. The van der Waals surface area contributed by atoms with Crippen LogP contribution in [-0.2, 0) is 0 Å². The fraction of sp³-hybridized carbons (Fsp3) is 0.714. The SMILES string of the molecule is Cc1nnc(N2C[C@@H](O)[C@@H](O)C2)o1. The first kappa shape index (κ1) is 8.46. The molecule has 1 aliphatic heterocycles. The lowest BCUT2D eigenvalue weighted by molar-refractivity contribution is 0.0572. The van der Waals surface area contributed by atoms with Gasteiger partial charge >= 0.3 is 6.01 Å². The molecule has 0 unspecified atom stereocenters. The van der Waals surface area contributed by atoms with Crippen molar-refractivity contribution in [2.45, 2.75) is 19.1 Å². The second-order valence-corrected chi connectivity index (χ2v) is 3.14. The topological polar surface area (TPSA) is 82.6 Å². The highest BCUT2D eigenvalue weighted by atomic mass is 16.4. The molecule has 72 valence electrons. The summed E-state index contributed by atoms with van der Waals surface area (Å²) in [5.74, 6) is 0.478. The molecule has 2 N–H and O–H groups in total. The number of nitrogens with zero attached hydrogens (tertiary/aromatic N) is 3. The Hall–Kier alpha value is -1.14. The molecular weight excluding hydrogens is 174 g/mol. The van der Waals surface area contributed by atoms with E-state index in [0.717, 1.165) is 0 Å². The highest BCUT2D eigenvalue weighted by molar-refractivity contribution is 5.28. The minimum absolute atomic E-state index is 0.336. The van der Waals surface area contributed by atoms with Crippen molar-refractivity contribution in [1.29, 1.82) is 0 Å². The van der Waals surface area contributed by atoms with Crippen LogP contribution >= 0.6 is 0 Å². The molecule has 2 heterocycles. The molecule has 0 spiro atoms. The van der Waals surface area contributed by atoms with Crippen molar-refractivity contribution in [2.24, 2.45) is 0 Å². The number of hydrogen-bond acceptors (Lipinski definition) is 6. The van der Waals surface area contributed by atoms with Gasteiger partial charge in [-0.15, -0.1) is 5.10 Å². The van der Waals surface area contributed by atoms with E-state index in [9.17, 15) is 10.2 Å². The fourth-order valence-corrected chi connectivity index (χ4v) is 1.34. The Kier molecular flexibility index (Phi) is 1.93. The van der Waals surface area contributed by atoms with Crippen molar-refractivity contribution >= 4 is 6.01 Å². The summed E-state index contributed by atoms with van der Waals surface area (Å²) in [6.07, 6.45) is -1.46. The lowest BCUT2D eigenvalue weighted by Gasteiger charge is -2.09. The van der Waals surface area contributed by atoms with Crippen LogP contribution in [0.15, 0.2) is 4.42 Å². The normalized spacial score (nSPS) is 28.4. The first-order chi connectivity index (χ1) is 6.16. The van der Waals surface area contributed by atoms with E-state index >= 15 is 0 Å². The molecule has 1 saturated heterocycles. The first-order valence-corrected chi connectivity index (χ1v) is 4.08. The zero-order valence-electron chi connectivity index (χ0n) is 7.21. The molecule has 2 rings (SSSR count). The Morgan fingerprint density at radius 3 is 2.38 bits per heavy atom. The standard InChI is InChI=1S/C7H11N3O3/c1-4-8-9-7(13-4)10-2-5(11)6(12)3-10/h5-6,11-12H,2-3H2,1H3/t5-,6+. The van der Waals surface area contributed by atoms with E-state index < -0.39 is 12.2 Å². The molecular formula is C7H11N3O3. The molecule has 0 amide bonds. The molecule has 1 aliphatic rings. The quantitative estimate of drug-likeness (QED) is 0.579. The number of aliphatic hydroxyl groups is 2. The summed E-state index contributed by atoms with van der Waals surface area (Å²) in [7, 11) is 0. The number of aliphatic hydroxyl groups excluding tert-OH is 2. The third kappa shape index (κ3) is 1.50. The van der Waals surface area contributed by atoms with Gasteiger partial charge in [-0.25, -0.2) is 0 Å². The number of aryl methyl sites for hydroxylation is 1. The second kappa shape index (κ2) is 2.97. The Morgan fingerprint density at radius 1 is 1.31 bits per heavy atom. The van der Waals surface area contributed by atoms with E-state index in [0.29, 0.717) is 25.0 Å². The number of rotatable bonds is 1. The van der Waals surface area contributed by atoms with Crippen molar-refractivity contribution in [3.05, 3.63) is 5.89 Å². The Morgan fingerprint density at radius 2 is 1.92 bits per heavy atom. The van der Waals surface area contributed by atoms with Crippen LogP contribution in [0.5, 0.6) is 0 Å². The maximum atomic E-state index is 9.25. The largest absolute Gasteiger partial charge is 0.408 e. The molecule has 1 fully saturated rings. The summed E-state index contributed by atoms with van der Waals surface area (Å²) in [6, 6.07) is 0.355. The third-order valence-corrected chi connectivity index (χ3v) is 2.04. The van der Waals surface area contributed by atoms with E-state index in [-0.39, 0.29) is 0 Å². The van der Waals surface area contributed by atoms with Crippen molar-refractivity contribution < 1.29 is 14.6 Å². The molecule has 0 radical (unpaired) electrons. The second-order valence-electron chi connectivity index (χ2n) is 3.14. The van der Waals surface area contributed by atoms with Crippen LogP contribution in [0.3, 0.4) is 0 Å². The van der Waals surface area contributed by atoms with Gasteiger partial charge in [0.25, 0.3) is 0 Å². The van der Waals surface area contributed by atoms with Crippen molar-refractivity contribution in [2.75, 3.05) is 18.0 Å². The average molecular weight is 185 g/mol. The van der Waals surface area contributed by atoms with Crippen LogP contribution < -0.4 is 4.90 Å². The monoisotopic (exact) mass is 185 g/mol. The van der Waals surface area contributed by atoms with Crippen LogP contribution in [-0.4, -0.2) is 45.7 Å². The van der Waals surface area contributed by atoms with Gasteiger partial charge in [-0.05, 0) is 0 Å². The summed E-state index contributed by atoms with van der Waals surface area (Å²) in [6.45, 7) is 2.37. The van der Waals surface area contributed by atoms with E-state index in [1.165, 1.54) is 0 Å². The van der Waals surface area contributed by atoms with Gasteiger partial charge in [-0.2, -0.15) is 0 Å². The molecule has 2 atom stereocenters. The van der Waals surface area contributed by atoms with Crippen LogP contribution in [0.2, 0.25) is 0 Å². The van der Waals surface area contributed by atoms with E-state index in [1.807, 2.05) is 0 Å². The van der Waals surface area contributed by atoms with Gasteiger partial charge in [0, 0.05) is 6.92 Å². The maximum absolute atomic E-state index is 9.25. The summed E-state index contributed by atoms with van der Waals surface area (Å²) in [4.78, 5) is 1.66. The Balaban J connectivity index is 2.11. The number of hydrogen-bond donors (Lipinski definition) is 2. The summed E-state index contributed by atoms with van der Waals surface area (Å²) in [5.41, 5.74) is 0. The number of anilines is 1. The van der Waals surface area contributed by atoms with Gasteiger partial charge in [0.05, 0.1) is 25.3 Å². The highest BCUT2D eigenvalue weighted by Gasteiger charge is 2.32. The molecule has 6 heteroatoms. The van der Waals surface area contributed by atoms with Gasteiger partial charge < -0.3 is 19.5 Å². The molecule has 0 aromatic carbocycles. The zero-order valence-corrected chi connectivity index (χ0v) is 7.21. The van der Waals surface area contributed by atoms with E-state index in [2.05, 4.69) is 10.2 Å². The minimum Gasteiger partial charge on any atom is -0.408 e. The number of β-amino-alcohol motifs (C(OH)–C–C–N with tert-alkyl or cyclic N) is 2. The van der Waals surface area contributed by atoms with Crippen LogP contribution in [0.1, 0.15) is 5.89 Å². The summed E-state index contributed by atoms with van der Waals surface area (Å²) < 4.78 is 5.15. The van der Waals surface area contributed by atoms with E-state index in [4.69, 9.17) is 4.42 Å². The fourth-order valence-electron chi connectivity index (χ4n) is 1.34. The highest BCUT2D eigenvalue weighted by Crippen LogP contribution is 2.18. The van der Waals surface area contributed by atoms with Gasteiger partial charge in [0.2, 0.25) is 5.89 Å². The first-order valence-electron chi connectivity index (χ1n) is 4.08. The van der Waals surface area contributed by atoms with E-state index in [1.54, 1.807) is 11.8 Å². The smallest absolute Gasteiger partial charge is 0.318 e. The van der Waals surface area contributed by atoms with Gasteiger partial charge in [-0.3, -0.25) is 0 Å². The van der Waals surface area contributed by atoms with Crippen LogP contribution in [0, 0.1) is 6.92 Å². The molecule has 1 aromatic rings. The third-order valence-electron chi connectivity index (χ3n) is 2.04. The van der Waals surface area contributed by atoms with Gasteiger partial charge in [-0.1, -0.05) is 5.10 Å². The molecule has 0 bridgehead atoms. The van der Waals surface area contributed by atoms with Gasteiger partial charge in [0.1, 0.15) is 0 Å². The lowest BCUT2D eigenvalue weighted by Crippen LogP contribution is -2.22. The molecule has 13 heavy (non-hydrogen) atoms. The predicted octanol–water partition coefficient (Wildman–Crippen LogP) is -1.08. The average Bonchev–Trinajstić information content (AvgIpc) is 2.61. The Labute approximate surface area is 74.8 Å². The maximum Gasteiger partial charge on any atom is 0.318 e. The lowest BCUT2D eigenvalue weighted by atomic mass is 10.3. The number of aromatic nitrogens is 2. The van der Waals surface area contributed by atoms with Crippen molar-refractivity contribution in [3.63, 3.8) is 0 Å².